The van der Waals surface area contributed by atoms with E-state index in [1.165, 1.54) is 0 Å². The molecule has 1 aromatic rings. The number of carbonyl (C=O) groups excluding carboxylic acids is 1. The predicted octanol–water partition coefficient (Wildman–Crippen LogP) is 2.76. The summed E-state index contributed by atoms with van der Waals surface area (Å²) in [5.74, 6) is 0.584. The van der Waals surface area contributed by atoms with Gasteiger partial charge in [-0.25, -0.2) is 0 Å². The van der Waals surface area contributed by atoms with Crippen molar-refractivity contribution in [3.63, 3.8) is 0 Å². The Morgan fingerprint density at radius 1 is 1.19 bits per heavy atom. The molecular weight excluding hydrogens is 385 g/mol. The maximum absolute atomic E-state index is 12.1. The van der Waals surface area contributed by atoms with Crippen molar-refractivity contribution in [1.29, 1.82) is 0 Å². The molecule has 1 saturated heterocycles. The molecular formula is C19H29Cl2N5O. The van der Waals surface area contributed by atoms with Crippen LogP contribution in [0.25, 0.3) is 0 Å². The lowest BCUT2D eigenvalue weighted by Crippen LogP contribution is -2.50. The molecule has 1 aliphatic heterocycles. The standard InChI is InChI=1S/C19H29Cl2N5O/c1-13(2)26-10-6-15(7-11-26)25-19(22-3)24-9-8-23-18(27)14-4-5-16(20)17(21)12-14/h4-5,12-13,15H,6-11H2,1-3H3,(H,23,27)(H2,22,24,25). The second kappa shape index (κ2) is 10.7. The van der Waals surface area contributed by atoms with Gasteiger partial charge in [0, 0.05) is 50.9 Å². The summed E-state index contributed by atoms with van der Waals surface area (Å²) >= 11 is 11.8. The Kier molecular flexibility index (Phi) is 8.67. The second-order valence-electron chi connectivity index (χ2n) is 6.93. The molecule has 8 heteroatoms. The van der Waals surface area contributed by atoms with E-state index in [0.29, 0.717) is 40.8 Å². The lowest BCUT2D eigenvalue weighted by Gasteiger charge is -2.35. The van der Waals surface area contributed by atoms with Crippen molar-refractivity contribution >= 4 is 35.1 Å². The largest absolute Gasteiger partial charge is 0.355 e. The lowest BCUT2D eigenvalue weighted by atomic mass is 10.0. The summed E-state index contributed by atoms with van der Waals surface area (Å²) in [4.78, 5) is 18.9. The van der Waals surface area contributed by atoms with Gasteiger partial charge in [-0.1, -0.05) is 23.2 Å². The van der Waals surface area contributed by atoms with E-state index in [2.05, 4.69) is 39.7 Å². The third-order valence-corrected chi connectivity index (χ3v) is 5.45. The highest BCUT2D eigenvalue weighted by Crippen LogP contribution is 2.22. The number of amides is 1. The monoisotopic (exact) mass is 413 g/mol. The molecule has 0 atom stereocenters. The first-order chi connectivity index (χ1) is 12.9. The van der Waals surface area contributed by atoms with Crippen LogP contribution in [0, 0.1) is 0 Å². The number of carbonyl (C=O) groups is 1. The summed E-state index contributed by atoms with van der Waals surface area (Å²) in [6, 6.07) is 5.87. The van der Waals surface area contributed by atoms with Gasteiger partial charge in [-0.3, -0.25) is 9.79 Å². The van der Waals surface area contributed by atoms with Crippen molar-refractivity contribution in [2.45, 2.75) is 38.8 Å². The number of halogens is 2. The molecule has 0 aliphatic carbocycles. The van der Waals surface area contributed by atoms with Gasteiger partial charge in [-0.15, -0.1) is 0 Å². The van der Waals surface area contributed by atoms with Crippen LogP contribution in [0.15, 0.2) is 23.2 Å². The molecule has 1 heterocycles. The molecule has 1 amide bonds. The van der Waals surface area contributed by atoms with Gasteiger partial charge in [0.05, 0.1) is 10.0 Å². The van der Waals surface area contributed by atoms with Gasteiger partial charge in [0.25, 0.3) is 5.91 Å². The Labute approximate surface area is 171 Å². The highest BCUT2D eigenvalue weighted by molar-refractivity contribution is 6.42. The highest BCUT2D eigenvalue weighted by Gasteiger charge is 2.21. The van der Waals surface area contributed by atoms with Crippen molar-refractivity contribution in [2.24, 2.45) is 4.99 Å². The minimum Gasteiger partial charge on any atom is -0.355 e. The summed E-state index contributed by atoms with van der Waals surface area (Å²) in [5.41, 5.74) is 0.490. The molecule has 1 fully saturated rings. The molecule has 3 N–H and O–H groups in total. The van der Waals surface area contributed by atoms with Gasteiger partial charge < -0.3 is 20.9 Å². The van der Waals surface area contributed by atoms with Crippen molar-refractivity contribution in [1.82, 2.24) is 20.9 Å². The van der Waals surface area contributed by atoms with Crippen LogP contribution in [0.4, 0.5) is 0 Å². The number of aliphatic imine (C=N–C) groups is 1. The van der Waals surface area contributed by atoms with E-state index >= 15 is 0 Å². The Bertz CT molecular complexity index is 658. The Hall–Kier alpha value is -1.50. The molecule has 0 bridgehead atoms. The van der Waals surface area contributed by atoms with Gasteiger partial charge in [0.2, 0.25) is 0 Å². The number of benzene rings is 1. The van der Waals surface area contributed by atoms with Crippen LogP contribution in [0.3, 0.4) is 0 Å². The molecule has 6 nitrogen and oxygen atoms in total. The Morgan fingerprint density at radius 2 is 1.85 bits per heavy atom. The quantitative estimate of drug-likeness (QED) is 0.381. The summed E-state index contributed by atoms with van der Waals surface area (Å²) in [5, 5.41) is 10.4. The molecule has 0 radical (unpaired) electrons. The van der Waals surface area contributed by atoms with Crippen LogP contribution >= 0.6 is 23.2 Å². The van der Waals surface area contributed by atoms with Crippen molar-refractivity contribution in [3.8, 4) is 0 Å². The zero-order chi connectivity index (χ0) is 19.8. The van der Waals surface area contributed by atoms with Crippen molar-refractivity contribution in [3.05, 3.63) is 33.8 Å². The molecule has 150 valence electrons. The molecule has 0 aromatic heterocycles. The molecule has 0 unspecified atom stereocenters. The maximum Gasteiger partial charge on any atom is 0.251 e. The number of rotatable bonds is 6. The van der Waals surface area contributed by atoms with Crippen LogP contribution in [0.1, 0.15) is 37.0 Å². The number of likely N-dealkylation sites (tertiary alicyclic amines) is 1. The van der Waals surface area contributed by atoms with Gasteiger partial charge in [0.1, 0.15) is 0 Å². The summed E-state index contributed by atoms with van der Waals surface area (Å²) < 4.78 is 0. The second-order valence-corrected chi connectivity index (χ2v) is 7.75. The average Bonchev–Trinajstić information content (AvgIpc) is 2.66. The van der Waals surface area contributed by atoms with E-state index in [0.717, 1.165) is 31.9 Å². The summed E-state index contributed by atoms with van der Waals surface area (Å²) in [7, 11) is 1.76. The highest BCUT2D eigenvalue weighted by atomic mass is 35.5. The smallest absolute Gasteiger partial charge is 0.251 e. The SMILES string of the molecule is CN=C(NCCNC(=O)c1ccc(Cl)c(Cl)c1)NC1CCN(C(C)C)CC1. The van der Waals surface area contributed by atoms with E-state index < -0.39 is 0 Å². The van der Waals surface area contributed by atoms with E-state index in [1.807, 2.05) is 0 Å². The van der Waals surface area contributed by atoms with Crippen LogP contribution in [0.5, 0.6) is 0 Å². The third-order valence-electron chi connectivity index (χ3n) is 4.71. The van der Waals surface area contributed by atoms with Crippen LogP contribution in [-0.4, -0.2) is 62.1 Å². The van der Waals surface area contributed by atoms with Crippen molar-refractivity contribution < 1.29 is 4.79 Å². The fraction of sp³-hybridized carbons (Fsp3) is 0.579. The maximum atomic E-state index is 12.1. The minimum atomic E-state index is -0.181. The zero-order valence-corrected chi connectivity index (χ0v) is 17.7. The molecule has 0 saturated carbocycles. The minimum absolute atomic E-state index is 0.181. The first-order valence-corrected chi connectivity index (χ1v) is 10.1. The number of piperidine rings is 1. The van der Waals surface area contributed by atoms with Gasteiger partial charge in [-0.05, 0) is 44.9 Å². The average molecular weight is 414 g/mol. The van der Waals surface area contributed by atoms with Crippen LogP contribution < -0.4 is 16.0 Å². The first-order valence-electron chi connectivity index (χ1n) is 9.35. The first kappa shape index (κ1) is 21.8. The fourth-order valence-corrected chi connectivity index (χ4v) is 3.34. The summed E-state index contributed by atoms with van der Waals surface area (Å²) in [6.07, 6.45) is 2.21. The van der Waals surface area contributed by atoms with E-state index in [-0.39, 0.29) is 5.91 Å². The number of nitrogens with one attached hydrogen (secondary N) is 3. The summed E-state index contributed by atoms with van der Waals surface area (Å²) in [6.45, 7) is 7.74. The fourth-order valence-electron chi connectivity index (χ4n) is 3.04. The van der Waals surface area contributed by atoms with E-state index in [1.54, 1.807) is 25.2 Å². The zero-order valence-electron chi connectivity index (χ0n) is 16.2. The number of hydrogen-bond donors (Lipinski definition) is 3. The molecule has 27 heavy (non-hydrogen) atoms. The van der Waals surface area contributed by atoms with Gasteiger partial charge in [-0.2, -0.15) is 0 Å². The predicted molar refractivity (Wildman–Crippen MR) is 113 cm³/mol. The van der Waals surface area contributed by atoms with E-state index in [9.17, 15) is 4.79 Å². The molecule has 1 aromatic carbocycles. The van der Waals surface area contributed by atoms with Crippen LogP contribution in [-0.2, 0) is 0 Å². The normalized spacial score (nSPS) is 16.4. The Balaban J connectivity index is 1.69. The molecule has 0 spiro atoms. The van der Waals surface area contributed by atoms with Crippen LogP contribution in [0.2, 0.25) is 10.0 Å². The Morgan fingerprint density at radius 3 is 2.44 bits per heavy atom. The number of hydrogen-bond acceptors (Lipinski definition) is 3. The van der Waals surface area contributed by atoms with Crippen molar-refractivity contribution in [2.75, 3.05) is 33.2 Å². The number of nitrogens with zero attached hydrogens (tertiary/aromatic N) is 2. The topological polar surface area (TPSA) is 68.8 Å². The molecule has 2 rings (SSSR count). The van der Waals surface area contributed by atoms with Gasteiger partial charge >= 0.3 is 0 Å². The number of guanidine groups is 1. The molecule has 1 aliphatic rings. The van der Waals surface area contributed by atoms with Gasteiger partial charge in [0.15, 0.2) is 5.96 Å². The van der Waals surface area contributed by atoms with E-state index in [4.69, 9.17) is 23.2 Å². The third kappa shape index (κ3) is 6.87. The lowest BCUT2D eigenvalue weighted by molar-refractivity contribution is 0.0954.